The van der Waals surface area contributed by atoms with E-state index in [1.54, 1.807) is 12.1 Å². The van der Waals surface area contributed by atoms with Crippen molar-refractivity contribution in [3.8, 4) is 5.75 Å². The first kappa shape index (κ1) is 14.4. The second-order valence-electron chi connectivity index (χ2n) is 4.55. The first-order valence-electron chi connectivity index (χ1n) is 6.14. The molecule has 108 valence electrons. The molecule has 0 radical (unpaired) electrons. The fourth-order valence-electron chi connectivity index (χ4n) is 1.95. The molecule has 2 aromatic carbocycles. The molecule has 0 saturated carbocycles. The number of carbonyl (C=O) groups is 2. The van der Waals surface area contributed by atoms with Gasteiger partial charge >= 0.3 is 5.97 Å². The van der Waals surface area contributed by atoms with Crippen LogP contribution in [0.1, 0.15) is 26.3 Å². The van der Waals surface area contributed by atoms with Crippen LogP contribution in [0.3, 0.4) is 0 Å². The lowest BCUT2D eigenvalue weighted by Crippen LogP contribution is -2.04. The van der Waals surface area contributed by atoms with Crippen molar-refractivity contribution in [3.63, 3.8) is 0 Å². The topological polar surface area (TPSA) is 113 Å². The lowest BCUT2D eigenvalue weighted by atomic mass is 10.1. The molecule has 0 aliphatic rings. The minimum atomic E-state index is -1.10. The number of carboxylic acids is 1. The monoisotopic (exact) mass is 286 g/mol. The maximum absolute atomic E-state index is 11.0. The van der Waals surface area contributed by atoms with Gasteiger partial charge in [0.1, 0.15) is 12.0 Å². The number of nitrogens with two attached hydrogens (primary N) is 1. The van der Waals surface area contributed by atoms with E-state index in [0.29, 0.717) is 35.3 Å². The number of hydrogen-bond donors (Lipinski definition) is 4. The van der Waals surface area contributed by atoms with Gasteiger partial charge in [-0.3, -0.25) is 4.79 Å². The van der Waals surface area contributed by atoms with E-state index >= 15 is 0 Å². The average molecular weight is 286 g/mol. The summed E-state index contributed by atoms with van der Waals surface area (Å²) in [6.07, 6.45) is 0.599. The quantitative estimate of drug-likeness (QED) is 0.494. The van der Waals surface area contributed by atoms with Crippen molar-refractivity contribution < 1.29 is 19.8 Å². The Morgan fingerprint density at radius 2 is 1.95 bits per heavy atom. The number of aromatic carboxylic acids is 1. The number of rotatable bonds is 5. The Hall–Kier alpha value is -3.02. The number of anilines is 2. The number of phenolic OH excluding ortho intramolecular Hbond substituents is 1. The molecule has 6 nitrogen and oxygen atoms in total. The third kappa shape index (κ3) is 3.73. The Balaban J connectivity index is 2.21. The van der Waals surface area contributed by atoms with Crippen LogP contribution >= 0.6 is 0 Å². The summed E-state index contributed by atoms with van der Waals surface area (Å²) >= 11 is 0. The first-order valence-corrected chi connectivity index (χ1v) is 6.14. The van der Waals surface area contributed by atoms with Crippen molar-refractivity contribution >= 4 is 23.6 Å². The molecule has 2 aromatic rings. The smallest absolute Gasteiger partial charge is 0.335 e. The van der Waals surface area contributed by atoms with E-state index in [2.05, 4.69) is 5.32 Å². The molecule has 2 rings (SSSR count). The summed E-state index contributed by atoms with van der Waals surface area (Å²) in [7, 11) is 0. The van der Waals surface area contributed by atoms with Gasteiger partial charge in [0.15, 0.2) is 0 Å². The van der Waals surface area contributed by atoms with E-state index in [1.807, 2.05) is 0 Å². The second-order valence-corrected chi connectivity index (χ2v) is 4.55. The Labute approximate surface area is 120 Å². The number of carbonyl (C=O) groups excluding carboxylic acids is 1. The summed E-state index contributed by atoms with van der Waals surface area (Å²) < 4.78 is 0. The van der Waals surface area contributed by atoms with Crippen LogP contribution in [0.4, 0.5) is 11.4 Å². The van der Waals surface area contributed by atoms with Crippen LogP contribution in [-0.4, -0.2) is 22.5 Å². The van der Waals surface area contributed by atoms with E-state index < -0.39 is 5.97 Å². The Morgan fingerprint density at radius 1 is 1.19 bits per heavy atom. The van der Waals surface area contributed by atoms with Crippen molar-refractivity contribution in [2.24, 2.45) is 0 Å². The molecule has 0 aliphatic carbocycles. The highest BCUT2D eigenvalue weighted by Crippen LogP contribution is 2.22. The molecule has 0 fully saturated rings. The molecule has 6 heteroatoms. The number of aromatic hydroxyl groups is 1. The third-order valence-corrected chi connectivity index (χ3v) is 2.83. The normalized spacial score (nSPS) is 10.1. The molecular weight excluding hydrogens is 272 g/mol. The highest BCUT2D eigenvalue weighted by atomic mass is 16.4. The molecule has 0 aromatic heterocycles. The Kier molecular flexibility index (Phi) is 4.08. The molecule has 0 spiro atoms. The molecule has 0 aliphatic heterocycles. The van der Waals surface area contributed by atoms with E-state index in [9.17, 15) is 14.7 Å². The van der Waals surface area contributed by atoms with Crippen LogP contribution in [0, 0.1) is 0 Å². The molecular formula is C15H14N2O4. The van der Waals surface area contributed by atoms with Crippen LogP contribution in [0.15, 0.2) is 36.4 Å². The fraction of sp³-hybridized carbons (Fsp3) is 0.0667. The number of carboxylic acid groups (broad SMARTS) is 1. The van der Waals surface area contributed by atoms with Crippen molar-refractivity contribution in [1.29, 1.82) is 0 Å². The molecule has 5 N–H and O–H groups in total. The zero-order valence-corrected chi connectivity index (χ0v) is 11.0. The van der Waals surface area contributed by atoms with Gasteiger partial charge in [-0.1, -0.05) is 0 Å². The summed E-state index contributed by atoms with van der Waals surface area (Å²) in [4.78, 5) is 21.8. The number of hydrogen-bond acceptors (Lipinski definition) is 5. The van der Waals surface area contributed by atoms with Gasteiger partial charge in [0.05, 0.1) is 5.56 Å². The van der Waals surface area contributed by atoms with Crippen LogP contribution in [-0.2, 0) is 6.54 Å². The largest absolute Gasteiger partial charge is 0.508 e. The van der Waals surface area contributed by atoms with Gasteiger partial charge in [-0.15, -0.1) is 0 Å². The van der Waals surface area contributed by atoms with E-state index in [0.717, 1.165) is 0 Å². The van der Waals surface area contributed by atoms with Gasteiger partial charge in [0.25, 0.3) is 0 Å². The van der Waals surface area contributed by atoms with Crippen molar-refractivity contribution in [2.45, 2.75) is 6.54 Å². The van der Waals surface area contributed by atoms with Crippen molar-refractivity contribution in [3.05, 3.63) is 53.1 Å². The maximum atomic E-state index is 11.0. The van der Waals surface area contributed by atoms with E-state index in [-0.39, 0.29) is 11.3 Å². The summed E-state index contributed by atoms with van der Waals surface area (Å²) in [5.41, 5.74) is 7.60. The van der Waals surface area contributed by atoms with Crippen molar-refractivity contribution in [1.82, 2.24) is 0 Å². The van der Waals surface area contributed by atoms with Gasteiger partial charge in [-0.2, -0.15) is 0 Å². The van der Waals surface area contributed by atoms with Gasteiger partial charge in [0, 0.05) is 35.6 Å². The average Bonchev–Trinajstić information content (AvgIpc) is 2.43. The lowest BCUT2D eigenvalue weighted by molar-refractivity contribution is 0.0696. The Bertz CT molecular complexity index is 678. The SMILES string of the molecule is Nc1cc(O)cc(NCc2cc(C=O)cc(C(=O)O)c2)c1. The molecule has 0 saturated heterocycles. The van der Waals surface area contributed by atoms with Crippen LogP contribution < -0.4 is 11.1 Å². The maximum Gasteiger partial charge on any atom is 0.335 e. The molecule has 0 unspecified atom stereocenters. The van der Waals surface area contributed by atoms with Gasteiger partial charge in [-0.05, 0) is 29.8 Å². The molecule has 0 atom stereocenters. The standard InChI is InChI=1S/C15H14N2O4/c16-12-4-13(6-14(19)5-12)17-7-9-1-10(8-18)3-11(2-9)15(20)21/h1-6,8,17,19H,7,16H2,(H,20,21). The fourth-order valence-corrected chi connectivity index (χ4v) is 1.95. The van der Waals surface area contributed by atoms with Gasteiger partial charge in [-0.25, -0.2) is 4.79 Å². The first-order chi connectivity index (χ1) is 9.97. The van der Waals surface area contributed by atoms with Gasteiger partial charge < -0.3 is 21.3 Å². The number of phenols is 1. The molecule has 0 heterocycles. The summed E-state index contributed by atoms with van der Waals surface area (Å²) in [5, 5.41) is 21.5. The van der Waals surface area contributed by atoms with Crippen molar-refractivity contribution in [2.75, 3.05) is 11.1 Å². The highest BCUT2D eigenvalue weighted by Gasteiger charge is 2.07. The zero-order chi connectivity index (χ0) is 15.4. The zero-order valence-electron chi connectivity index (χ0n) is 11.0. The molecule has 21 heavy (non-hydrogen) atoms. The lowest BCUT2D eigenvalue weighted by Gasteiger charge is -2.09. The summed E-state index contributed by atoms with van der Waals surface area (Å²) in [6, 6.07) is 8.94. The summed E-state index contributed by atoms with van der Waals surface area (Å²) in [6.45, 7) is 0.296. The number of nitrogen functional groups attached to an aromatic ring is 1. The van der Waals surface area contributed by atoms with Crippen LogP contribution in [0.5, 0.6) is 5.75 Å². The van der Waals surface area contributed by atoms with Gasteiger partial charge in [0.2, 0.25) is 0 Å². The minimum Gasteiger partial charge on any atom is -0.508 e. The Morgan fingerprint density at radius 3 is 2.57 bits per heavy atom. The number of benzene rings is 2. The van der Waals surface area contributed by atoms with Crippen LogP contribution in [0.2, 0.25) is 0 Å². The predicted molar refractivity (Wildman–Crippen MR) is 78.6 cm³/mol. The highest BCUT2D eigenvalue weighted by molar-refractivity contribution is 5.90. The van der Waals surface area contributed by atoms with E-state index in [4.69, 9.17) is 10.8 Å². The third-order valence-electron chi connectivity index (χ3n) is 2.83. The molecule has 0 bridgehead atoms. The summed E-state index contributed by atoms with van der Waals surface area (Å²) in [5.74, 6) is -1.06. The molecule has 0 amide bonds. The second kappa shape index (κ2) is 5.96. The number of aldehydes is 1. The predicted octanol–water partition coefficient (Wildman–Crippen LogP) is 2.10. The van der Waals surface area contributed by atoms with Crippen LogP contribution in [0.25, 0.3) is 0 Å². The number of nitrogens with one attached hydrogen (secondary N) is 1. The minimum absolute atomic E-state index is 0.0327. The van der Waals surface area contributed by atoms with E-state index in [1.165, 1.54) is 24.3 Å².